The molecule has 0 saturated heterocycles. The fourth-order valence-corrected chi connectivity index (χ4v) is 3.59. The van der Waals surface area contributed by atoms with E-state index in [1.807, 2.05) is 91.0 Å². The molecule has 0 heterocycles. The zero-order chi connectivity index (χ0) is 22.3. The lowest BCUT2D eigenvalue weighted by atomic mass is 9.80. The van der Waals surface area contributed by atoms with E-state index in [2.05, 4.69) is 0 Å². The van der Waals surface area contributed by atoms with Crippen LogP contribution in [0.3, 0.4) is 0 Å². The van der Waals surface area contributed by atoms with Crippen LogP contribution in [0, 0.1) is 0 Å². The standard InChI is InChI=1S/C25H26O6/c26-16-21(27)23(29)24(30)22(28)17-31-25(18-10-4-1-5-11-18,19-12-6-2-7-13-19)20-14-8-3-9-15-20/h1-16,21-24,27-30H,17H2. The molecule has 0 bridgehead atoms. The summed E-state index contributed by atoms with van der Waals surface area (Å²) in [5.41, 5.74) is 1.31. The molecule has 31 heavy (non-hydrogen) atoms. The normalized spacial score (nSPS) is 15.6. The van der Waals surface area contributed by atoms with Gasteiger partial charge < -0.3 is 30.0 Å². The van der Waals surface area contributed by atoms with Gasteiger partial charge in [0.05, 0.1) is 6.61 Å². The maximum absolute atomic E-state index is 10.7. The molecule has 3 aromatic carbocycles. The first-order valence-electron chi connectivity index (χ1n) is 9.98. The van der Waals surface area contributed by atoms with Gasteiger partial charge in [0, 0.05) is 0 Å². The minimum absolute atomic E-state index is 0.101. The number of aliphatic hydroxyl groups is 4. The van der Waals surface area contributed by atoms with Crippen molar-refractivity contribution < 1.29 is 30.0 Å². The molecule has 0 aromatic heterocycles. The number of aliphatic hydroxyl groups excluding tert-OH is 4. The second-order valence-electron chi connectivity index (χ2n) is 7.27. The Morgan fingerprint density at radius 1 is 0.677 bits per heavy atom. The van der Waals surface area contributed by atoms with Crippen LogP contribution in [0.2, 0.25) is 0 Å². The van der Waals surface area contributed by atoms with E-state index < -0.39 is 30.0 Å². The zero-order valence-electron chi connectivity index (χ0n) is 16.9. The van der Waals surface area contributed by atoms with Crippen molar-refractivity contribution in [3.63, 3.8) is 0 Å². The molecule has 0 saturated carbocycles. The van der Waals surface area contributed by atoms with Crippen molar-refractivity contribution in [3.8, 4) is 0 Å². The van der Waals surface area contributed by atoms with Gasteiger partial charge in [-0.15, -0.1) is 0 Å². The molecule has 6 heteroatoms. The van der Waals surface area contributed by atoms with Gasteiger partial charge in [0.1, 0.15) is 30.0 Å². The predicted molar refractivity (Wildman–Crippen MR) is 115 cm³/mol. The molecule has 0 spiro atoms. The lowest BCUT2D eigenvalue weighted by Crippen LogP contribution is -2.48. The highest BCUT2D eigenvalue weighted by Gasteiger charge is 2.39. The summed E-state index contributed by atoms with van der Waals surface area (Å²) in [6, 6.07) is 28.4. The van der Waals surface area contributed by atoms with E-state index in [0.29, 0.717) is 0 Å². The first-order valence-corrected chi connectivity index (χ1v) is 9.98. The Bertz CT molecular complexity index is 835. The van der Waals surface area contributed by atoms with Crippen LogP contribution in [0.25, 0.3) is 0 Å². The second kappa shape index (κ2) is 10.4. The van der Waals surface area contributed by atoms with E-state index in [-0.39, 0.29) is 12.9 Å². The lowest BCUT2D eigenvalue weighted by molar-refractivity contribution is -0.144. The Morgan fingerprint density at radius 2 is 1.06 bits per heavy atom. The Labute approximate surface area is 181 Å². The van der Waals surface area contributed by atoms with Gasteiger partial charge in [-0.3, -0.25) is 0 Å². The number of aldehydes is 1. The summed E-state index contributed by atoms with van der Waals surface area (Å²) in [7, 11) is 0. The average molecular weight is 422 g/mol. The van der Waals surface area contributed by atoms with Crippen molar-refractivity contribution >= 4 is 6.29 Å². The van der Waals surface area contributed by atoms with Crippen LogP contribution in [0.4, 0.5) is 0 Å². The Hall–Kier alpha value is -2.87. The third kappa shape index (κ3) is 4.90. The van der Waals surface area contributed by atoms with Crippen molar-refractivity contribution in [3.05, 3.63) is 108 Å². The van der Waals surface area contributed by atoms with E-state index in [4.69, 9.17) is 4.74 Å². The SMILES string of the molecule is O=CC(O)C(O)C(O)C(O)COC(c1ccccc1)(c1ccccc1)c1ccccc1. The van der Waals surface area contributed by atoms with Crippen molar-refractivity contribution in [2.45, 2.75) is 30.0 Å². The monoisotopic (exact) mass is 422 g/mol. The van der Waals surface area contributed by atoms with Crippen LogP contribution in [0.15, 0.2) is 91.0 Å². The van der Waals surface area contributed by atoms with E-state index in [1.54, 1.807) is 0 Å². The molecule has 3 rings (SSSR count). The van der Waals surface area contributed by atoms with Crippen LogP contribution in [-0.4, -0.2) is 57.7 Å². The van der Waals surface area contributed by atoms with Crippen LogP contribution in [-0.2, 0) is 15.1 Å². The quantitative estimate of drug-likeness (QED) is 0.292. The maximum Gasteiger partial charge on any atom is 0.151 e. The summed E-state index contributed by atoms with van der Waals surface area (Å²) in [5.74, 6) is 0. The highest BCUT2D eigenvalue weighted by Crippen LogP contribution is 2.40. The fraction of sp³-hybridized carbons (Fsp3) is 0.240. The largest absolute Gasteiger partial charge is 0.388 e. The fourth-order valence-electron chi connectivity index (χ4n) is 3.59. The Balaban J connectivity index is 2.03. The zero-order valence-corrected chi connectivity index (χ0v) is 16.9. The molecule has 0 aliphatic heterocycles. The molecule has 0 aliphatic carbocycles. The van der Waals surface area contributed by atoms with Gasteiger partial charge in [-0.2, -0.15) is 0 Å². The predicted octanol–water partition coefficient (Wildman–Crippen LogP) is 1.64. The van der Waals surface area contributed by atoms with Crippen LogP contribution < -0.4 is 0 Å². The van der Waals surface area contributed by atoms with Crippen LogP contribution in [0.5, 0.6) is 0 Å². The average Bonchev–Trinajstić information content (AvgIpc) is 2.84. The Kier molecular flexibility index (Phi) is 7.68. The van der Waals surface area contributed by atoms with E-state index in [0.717, 1.165) is 16.7 Å². The molecule has 4 unspecified atom stereocenters. The number of rotatable bonds is 10. The molecule has 0 amide bonds. The first kappa shape index (κ1) is 22.8. The smallest absolute Gasteiger partial charge is 0.151 e. The topological polar surface area (TPSA) is 107 Å². The van der Waals surface area contributed by atoms with Crippen molar-refractivity contribution in [1.29, 1.82) is 0 Å². The number of carbonyl (C=O) groups is 1. The van der Waals surface area contributed by atoms with Gasteiger partial charge in [0.25, 0.3) is 0 Å². The van der Waals surface area contributed by atoms with Crippen molar-refractivity contribution in [2.24, 2.45) is 0 Å². The van der Waals surface area contributed by atoms with Crippen LogP contribution >= 0.6 is 0 Å². The molecule has 0 aliphatic rings. The molecule has 0 fully saturated rings. The Morgan fingerprint density at radius 3 is 1.42 bits per heavy atom. The molecule has 3 aromatic rings. The minimum atomic E-state index is -1.84. The number of benzene rings is 3. The molecule has 6 nitrogen and oxygen atoms in total. The summed E-state index contributed by atoms with van der Waals surface area (Å²) in [6.45, 7) is -0.373. The molecule has 4 atom stereocenters. The van der Waals surface area contributed by atoms with E-state index >= 15 is 0 Å². The lowest BCUT2D eigenvalue weighted by Gasteiger charge is -2.37. The summed E-state index contributed by atoms with van der Waals surface area (Å²) in [5, 5.41) is 40.0. The van der Waals surface area contributed by atoms with E-state index in [1.165, 1.54) is 0 Å². The number of hydrogen-bond donors (Lipinski definition) is 4. The molecule has 162 valence electrons. The molecular formula is C25H26O6. The third-order valence-electron chi connectivity index (χ3n) is 5.25. The minimum Gasteiger partial charge on any atom is -0.388 e. The molecular weight excluding hydrogens is 396 g/mol. The first-order chi connectivity index (χ1) is 15.0. The van der Waals surface area contributed by atoms with Gasteiger partial charge in [-0.05, 0) is 16.7 Å². The summed E-state index contributed by atoms with van der Waals surface area (Å²) in [6.07, 6.45) is -6.88. The summed E-state index contributed by atoms with van der Waals surface area (Å²) in [4.78, 5) is 10.7. The van der Waals surface area contributed by atoms with E-state index in [9.17, 15) is 25.2 Å². The van der Waals surface area contributed by atoms with Crippen molar-refractivity contribution in [1.82, 2.24) is 0 Å². The van der Waals surface area contributed by atoms with Crippen LogP contribution in [0.1, 0.15) is 16.7 Å². The highest BCUT2D eigenvalue weighted by molar-refractivity contribution is 5.56. The second-order valence-corrected chi connectivity index (χ2v) is 7.27. The van der Waals surface area contributed by atoms with Gasteiger partial charge >= 0.3 is 0 Å². The maximum atomic E-state index is 10.7. The summed E-state index contributed by atoms with van der Waals surface area (Å²) >= 11 is 0. The molecule has 0 radical (unpaired) electrons. The van der Waals surface area contributed by atoms with Gasteiger partial charge in [-0.1, -0.05) is 91.0 Å². The number of ether oxygens (including phenoxy) is 1. The van der Waals surface area contributed by atoms with Crippen molar-refractivity contribution in [2.75, 3.05) is 6.61 Å². The highest BCUT2D eigenvalue weighted by atomic mass is 16.5. The summed E-state index contributed by atoms with van der Waals surface area (Å²) < 4.78 is 6.34. The third-order valence-corrected chi connectivity index (χ3v) is 5.25. The number of carbonyl (C=O) groups excluding carboxylic acids is 1. The number of hydrogen-bond acceptors (Lipinski definition) is 6. The van der Waals surface area contributed by atoms with Gasteiger partial charge in [0.15, 0.2) is 6.29 Å². The van der Waals surface area contributed by atoms with Gasteiger partial charge in [0.2, 0.25) is 0 Å². The molecule has 4 N–H and O–H groups in total. The van der Waals surface area contributed by atoms with Gasteiger partial charge in [-0.25, -0.2) is 0 Å².